The second-order valence-corrected chi connectivity index (χ2v) is 11.7. The quantitative estimate of drug-likeness (QED) is 0.306. The lowest BCUT2D eigenvalue weighted by molar-refractivity contribution is 0.452. The van der Waals surface area contributed by atoms with Crippen molar-refractivity contribution in [3.63, 3.8) is 0 Å². The van der Waals surface area contributed by atoms with Gasteiger partial charge in [-0.2, -0.15) is 10.4 Å². The van der Waals surface area contributed by atoms with E-state index in [-0.39, 0.29) is 5.15 Å². The van der Waals surface area contributed by atoms with Gasteiger partial charge in [-0.1, -0.05) is 31.5 Å². The predicted octanol–water partition coefficient (Wildman–Crippen LogP) is 5.14. The van der Waals surface area contributed by atoms with Crippen LogP contribution in [0.5, 0.6) is 0 Å². The molecule has 0 spiro atoms. The molecule has 196 valence electrons. The Kier molecular flexibility index (Phi) is 7.58. The molecule has 1 fully saturated rings. The van der Waals surface area contributed by atoms with Crippen LogP contribution in [0.25, 0.3) is 22.2 Å². The fraction of sp³-hybridized carbons (Fsp3) is 0.370. The zero-order valence-electron chi connectivity index (χ0n) is 21.6. The van der Waals surface area contributed by atoms with E-state index in [0.717, 1.165) is 35.3 Å². The first-order valence-corrected chi connectivity index (χ1v) is 14.6. The van der Waals surface area contributed by atoms with Crippen molar-refractivity contribution in [2.45, 2.75) is 32.7 Å². The van der Waals surface area contributed by atoms with E-state index in [0.29, 0.717) is 47.8 Å². The van der Waals surface area contributed by atoms with Gasteiger partial charge in [-0.15, -0.1) is 0 Å². The smallest absolute Gasteiger partial charge is 0.166 e. The number of halogens is 1. The molecular weight excluding hydrogens is 520 g/mol. The lowest BCUT2D eigenvalue weighted by Gasteiger charge is -2.41. The molecule has 0 amide bonds. The van der Waals surface area contributed by atoms with E-state index in [1.54, 1.807) is 29.4 Å². The second kappa shape index (κ2) is 11.1. The summed E-state index contributed by atoms with van der Waals surface area (Å²) in [5.41, 5.74) is 3.01. The number of benzene rings is 1. The highest BCUT2D eigenvalue weighted by Crippen LogP contribution is 2.37. The van der Waals surface area contributed by atoms with Gasteiger partial charge in [0.2, 0.25) is 0 Å². The number of fused-ring (bicyclic) bond motifs is 1. The number of hydrogen-bond acceptors (Lipinski definition) is 8. The molecule has 38 heavy (non-hydrogen) atoms. The zero-order chi connectivity index (χ0) is 26.8. The van der Waals surface area contributed by atoms with Gasteiger partial charge in [-0.3, -0.25) is 8.89 Å². The zero-order valence-corrected chi connectivity index (χ0v) is 23.1. The number of pyridine rings is 1. The maximum Gasteiger partial charge on any atom is 0.166 e. The molecule has 1 aromatic carbocycles. The van der Waals surface area contributed by atoms with Crippen LogP contribution in [0.2, 0.25) is 5.15 Å². The van der Waals surface area contributed by atoms with Crippen LogP contribution in [-0.4, -0.2) is 54.0 Å². The van der Waals surface area contributed by atoms with E-state index in [1.807, 2.05) is 6.20 Å². The highest BCUT2D eigenvalue weighted by molar-refractivity contribution is 7.84. The number of aromatic nitrogens is 5. The summed E-state index contributed by atoms with van der Waals surface area (Å²) in [6.07, 6.45) is 7.44. The summed E-state index contributed by atoms with van der Waals surface area (Å²) in [6.45, 7) is 6.65. The third kappa shape index (κ3) is 5.49. The molecule has 0 aliphatic carbocycles. The number of hydrogen-bond donors (Lipinski definition) is 1. The van der Waals surface area contributed by atoms with Crippen molar-refractivity contribution >= 4 is 50.5 Å². The minimum absolute atomic E-state index is 0.288. The summed E-state index contributed by atoms with van der Waals surface area (Å²) in [6, 6.07) is 10.3. The third-order valence-corrected chi connectivity index (χ3v) is 7.84. The standard InChI is InChI=1S/C27H29ClN8OS/c1-17(2)19-5-6-23(35-13-18(14-35)16-38(3)37)21-12-31-25(11-20(19)21)32-24-7-9-30-27(33-24)22-15-36(10-4-8-29)34-26(22)28/h5-7,9,11-12,15,17-18H,4,10,13-14,16H2,1-3H3,(H,30,31,32,33). The summed E-state index contributed by atoms with van der Waals surface area (Å²) in [4.78, 5) is 16.0. The van der Waals surface area contributed by atoms with Crippen molar-refractivity contribution in [3.05, 3.63) is 53.6 Å². The van der Waals surface area contributed by atoms with Gasteiger partial charge in [-0.25, -0.2) is 15.0 Å². The molecule has 1 aliphatic heterocycles. The van der Waals surface area contributed by atoms with E-state index in [4.69, 9.17) is 21.8 Å². The molecule has 4 heterocycles. The van der Waals surface area contributed by atoms with Gasteiger partial charge in [-0.05, 0) is 35.1 Å². The number of nitriles is 1. The van der Waals surface area contributed by atoms with E-state index < -0.39 is 10.8 Å². The summed E-state index contributed by atoms with van der Waals surface area (Å²) in [5.74, 6) is 3.27. The summed E-state index contributed by atoms with van der Waals surface area (Å²) in [5, 5.41) is 18.9. The number of anilines is 3. The monoisotopic (exact) mass is 548 g/mol. The Hall–Kier alpha value is -3.55. The van der Waals surface area contributed by atoms with Crippen LogP contribution in [0, 0.1) is 17.2 Å². The van der Waals surface area contributed by atoms with Crippen molar-refractivity contribution in [1.82, 2.24) is 24.7 Å². The molecule has 9 nitrogen and oxygen atoms in total. The summed E-state index contributed by atoms with van der Waals surface area (Å²) < 4.78 is 13.2. The van der Waals surface area contributed by atoms with Crippen molar-refractivity contribution in [2.75, 3.05) is 35.3 Å². The van der Waals surface area contributed by atoms with E-state index in [1.165, 1.54) is 5.56 Å². The van der Waals surface area contributed by atoms with Crippen molar-refractivity contribution < 1.29 is 4.21 Å². The number of nitrogens with zero attached hydrogens (tertiary/aromatic N) is 7. The number of rotatable bonds is 9. The van der Waals surface area contributed by atoms with Gasteiger partial charge < -0.3 is 10.2 Å². The van der Waals surface area contributed by atoms with Gasteiger partial charge in [0.1, 0.15) is 11.6 Å². The largest absolute Gasteiger partial charge is 0.370 e. The second-order valence-electron chi connectivity index (χ2n) is 9.85. The van der Waals surface area contributed by atoms with Gasteiger partial charge in [0.25, 0.3) is 0 Å². The SMILES string of the molecule is CC(C)c1ccc(N2CC(CS(C)=O)C2)c2cnc(Nc3ccnc(-c4cn(CCC#N)nc4Cl)n3)cc12. The first-order chi connectivity index (χ1) is 18.3. The Balaban J connectivity index is 1.42. The summed E-state index contributed by atoms with van der Waals surface area (Å²) in [7, 11) is -0.772. The minimum atomic E-state index is -0.772. The molecule has 11 heteroatoms. The minimum Gasteiger partial charge on any atom is -0.370 e. The van der Waals surface area contributed by atoms with Crippen LogP contribution in [0.3, 0.4) is 0 Å². The van der Waals surface area contributed by atoms with Crippen LogP contribution in [0.15, 0.2) is 42.9 Å². The number of nitrogens with one attached hydrogen (secondary N) is 1. The van der Waals surface area contributed by atoms with Gasteiger partial charge >= 0.3 is 0 Å². The van der Waals surface area contributed by atoms with Crippen LogP contribution >= 0.6 is 11.6 Å². The Morgan fingerprint density at radius 1 is 1.21 bits per heavy atom. The van der Waals surface area contributed by atoms with Crippen molar-refractivity contribution in [1.29, 1.82) is 5.26 Å². The van der Waals surface area contributed by atoms with Gasteiger partial charge in [0, 0.05) is 71.5 Å². The first kappa shape index (κ1) is 26.1. The molecule has 0 saturated carbocycles. The van der Waals surface area contributed by atoms with E-state index >= 15 is 0 Å². The number of aryl methyl sites for hydroxylation is 1. The fourth-order valence-electron chi connectivity index (χ4n) is 4.81. The molecule has 3 aromatic heterocycles. The molecule has 1 atom stereocenters. The topological polar surface area (TPSA) is 113 Å². The molecule has 0 radical (unpaired) electrons. The molecule has 0 bridgehead atoms. The molecule has 4 aromatic rings. The maximum absolute atomic E-state index is 11.6. The third-order valence-electron chi connectivity index (χ3n) is 6.62. The first-order valence-electron chi connectivity index (χ1n) is 12.5. The summed E-state index contributed by atoms with van der Waals surface area (Å²) >= 11 is 6.33. The molecular formula is C27H29ClN8OS. The Morgan fingerprint density at radius 2 is 2.03 bits per heavy atom. The van der Waals surface area contributed by atoms with E-state index in [2.05, 4.69) is 63.4 Å². The highest BCUT2D eigenvalue weighted by atomic mass is 35.5. The van der Waals surface area contributed by atoms with Crippen LogP contribution in [-0.2, 0) is 17.3 Å². The normalized spacial score (nSPS) is 14.5. The van der Waals surface area contributed by atoms with Crippen LogP contribution < -0.4 is 10.2 Å². The van der Waals surface area contributed by atoms with Crippen LogP contribution in [0.1, 0.15) is 31.7 Å². The van der Waals surface area contributed by atoms with Crippen LogP contribution in [0.4, 0.5) is 17.3 Å². The Morgan fingerprint density at radius 3 is 2.76 bits per heavy atom. The lowest BCUT2D eigenvalue weighted by atomic mass is 9.93. The molecule has 5 rings (SSSR count). The Bertz CT molecular complexity index is 1540. The molecule has 1 unspecified atom stereocenters. The average molecular weight is 549 g/mol. The van der Waals surface area contributed by atoms with Gasteiger partial charge in [0.15, 0.2) is 11.0 Å². The van der Waals surface area contributed by atoms with Gasteiger partial charge in [0.05, 0.1) is 24.6 Å². The maximum atomic E-state index is 11.6. The average Bonchev–Trinajstić information content (AvgIpc) is 3.24. The molecule has 1 saturated heterocycles. The van der Waals surface area contributed by atoms with Crippen molar-refractivity contribution in [2.24, 2.45) is 5.92 Å². The Labute approximate surface area is 229 Å². The molecule has 1 aliphatic rings. The van der Waals surface area contributed by atoms with Crippen molar-refractivity contribution in [3.8, 4) is 17.5 Å². The highest BCUT2D eigenvalue weighted by Gasteiger charge is 2.29. The lowest BCUT2D eigenvalue weighted by Crippen LogP contribution is -2.49. The van der Waals surface area contributed by atoms with E-state index in [9.17, 15) is 4.21 Å². The fourth-order valence-corrected chi connectivity index (χ4v) is 5.92. The molecule has 1 N–H and O–H groups in total. The predicted molar refractivity (Wildman–Crippen MR) is 152 cm³/mol.